The summed E-state index contributed by atoms with van der Waals surface area (Å²) < 4.78 is 54.1. The highest BCUT2D eigenvalue weighted by Crippen LogP contribution is 2.43. The minimum atomic E-state index is -5.36. The summed E-state index contributed by atoms with van der Waals surface area (Å²) in [6.07, 6.45) is -2.82. The average molecular weight is 383 g/mol. The number of amides is 2. The van der Waals surface area contributed by atoms with E-state index >= 15 is 0 Å². The number of rotatable bonds is 3. The van der Waals surface area contributed by atoms with Crippen molar-refractivity contribution >= 4 is 11.8 Å². The maximum atomic E-state index is 13.7. The van der Waals surface area contributed by atoms with E-state index in [1.165, 1.54) is 29.8 Å². The smallest absolute Gasteiger partial charge is 0.363 e. The normalized spacial score (nSPS) is 25.4. The Bertz CT molecular complexity index is 858. The summed E-state index contributed by atoms with van der Waals surface area (Å²) in [6.45, 7) is 0. The third-order valence-corrected chi connectivity index (χ3v) is 4.26. The van der Waals surface area contributed by atoms with Crippen LogP contribution in [0.3, 0.4) is 0 Å². The van der Waals surface area contributed by atoms with Gasteiger partial charge in [-0.05, 0) is 35.9 Å². The summed E-state index contributed by atoms with van der Waals surface area (Å²) in [5.41, 5.74) is -3.99. The lowest BCUT2D eigenvalue weighted by atomic mass is 9.77. The average Bonchev–Trinajstić information content (AvgIpc) is 2.61. The monoisotopic (exact) mass is 383 g/mol. The SMILES string of the molecule is O=C1N[C@H](c2cccnc2)[C@H](C(=O)c2ccc(F)cc2)[C@@](O)(C(F)(F)F)N1. The van der Waals surface area contributed by atoms with Gasteiger partial charge in [0.1, 0.15) is 11.7 Å². The Balaban J connectivity index is 2.15. The lowest BCUT2D eigenvalue weighted by Crippen LogP contribution is -2.72. The molecule has 2 aromatic rings. The molecule has 0 bridgehead atoms. The highest BCUT2D eigenvalue weighted by molar-refractivity contribution is 6.00. The number of carbonyl (C=O) groups is 2. The second-order valence-corrected chi connectivity index (χ2v) is 5.98. The van der Waals surface area contributed by atoms with E-state index < -0.39 is 41.5 Å². The molecule has 1 aliphatic heterocycles. The number of urea groups is 1. The number of hydrogen-bond donors (Lipinski definition) is 3. The zero-order valence-electron chi connectivity index (χ0n) is 13.5. The Morgan fingerprint density at radius 1 is 1.19 bits per heavy atom. The molecule has 3 rings (SSSR count). The number of nitrogens with zero attached hydrogens (tertiary/aromatic N) is 1. The van der Waals surface area contributed by atoms with Gasteiger partial charge in [-0.2, -0.15) is 13.2 Å². The number of aliphatic hydroxyl groups is 1. The largest absolute Gasteiger partial charge is 0.437 e. The summed E-state index contributed by atoms with van der Waals surface area (Å²) >= 11 is 0. The van der Waals surface area contributed by atoms with Crippen LogP contribution >= 0.6 is 0 Å². The van der Waals surface area contributed by atoms with Crippen molar-refractivity contribution in [1.29, 1.82) is 0 Å². The van der Waals surface area contributed by atoms with Crippen molar-refractivity contribution in [1.82, 2.24) is 15.6 Å². The molecule has 0 radical (unpaired) electrons. The number of pyridine rings is 1. The van der Waals surface area contributed by atoms with Gasteiger partial charge in [0.05, 0.1) is 6.04 Å². The van der Waals surface area contributed by atoms with E-state index in [0.29, 0.717) is 0 Å². The molecule has 1 saturated heterocycles. The molecule has 1 fully saturated rings. The number of alkyl halides is 3. The Labute approximate surface area is 150 Å². The van der Waals surface area contributed by atoms with Crippen LogP contribution in [0, 0.1) is 11.7 Å². The van der Waals surface area contributed by atoms with Crippen LogP contribution in [0.5, 0.6) is 0 Å². The first-order chi connectivity index (χ1) is 12.6. The molecular weight excluding hydrogens is 370 g/mol. The van der Waals surface area contributed by atoms with E-state index in [9.17, 15) is 32.3 Å². The van der Waals surface area contributed by atoms with Crippen LogP contribution in [0.25, 0.3) is 0 Å². The molecule has 0 saturated carbocycles. The van der Waals surface area contributed by atoms with Gasteiger partial charge >= 0.3 is 12.2 Å². The molecule has 3 atom stereocenters. The van der Waals surface area contributed by atoms with Gasteiger partial charge in [-0.3, -0.25) is 9.78 Å². The van der Waals surface area contributed by atoms with Crippen LogP contribution in [0.4, 0.5) is 22.4 Å². The predicted octanol–water partition coefficient (Wildman–Crippen LogP) is 2.32. The molecule has 142 valence electrons. The molecule has 2 heterocycles. The molecule has 0 unspecified atom stereocenters. The van der Waals surface area contributed by atoms with Crippen molar-refractivity contribution in [2.75, 3.05) is 0 Å². The summed E-state index contributed by atoms with van der Waals surface area (Å²) in [5.74, 6) is -3.99. The fourth-order valence-electron chi connectivity index (χ4n) is 2.97. The molecule has 1 aromatic heterocycles. The number of benzene rings is 1. The highest BCUT2D eigenvalue weighted by Gasteiger charge is 2.66. The van der Waals surface area contributed by atoms with Crippen LogP contribution in [-0.2, 0) is 0 Å². The summed E-state index contributed by atoms with van der Waals surface area (Å²) in [7, 11) is 0. The Morgan fingerprint density at radius 3 is 2.41 bits per heavy atom. The van der Waals surface area contributed by atoms with Crippen molar-refractivity contribution in [3.63, 3.8) is 0 Å². The van der Waals surface area contributed by atoms with Gasteiger partial charge in [-0.15, -0.1) is 0 Å². The van der Waals surface area contributed by atoms with E-state index in [-0.39, 0.29) is 11.1 Å². The van der Waals surface area contributed by atoms with Crippen molar-refractivity contribution in [2.24, 2.45) is 5.92 Å². The third kappa shape index (κ3) is 3.35. The first kappa shape index (κ1) is 18.8. The lowest BCUT2D eigenvalue weighted by molar-refractivity contribution is -0.287. The van der Waals surface area contributed by atoms with Gasteiger partial charge in [0, 0.05) is 18.0 Å². The number of Topliss-reactive ketones (excluding diaryl/α,β-unsaturated/α-hetero) is 1. The Kier molecular flexibility index (Phi) is 4.60. The van der Waals surface area contributed by atoms with Crippen molar-refractivity contribution < 1.29 is 32.3 Å². The van der Waals surface area contributed by atoms with Crippen LogP contribution in [0.1, 0.15) is 22.0 Å². The van der Waals surface area contributed by atoms with E-state index in [1.54, 1.807) is 0 Å². The van der Waals surface area contributed by atoms with Crippen LogP contribution in [0.2, 0.25) is 0 Å². The first-order valence-corrected chi connectivity index (χ1v) is 7.71. The molecule has 1 aliphatic rings. The maximum absolute atomic E-state index is 13.7. The lowest BCUT2D eigenvalue weighted by Gasteiger charge is -2.44. The fraction of sp³-hybridized carbons (Fsp3) is 0.235. The van der Waals surface area contributed by atoms with Gasteiger partial charge in [0.15, 0.2) is 5.78 Å². The minimum Gasteiger partial charge on any atom is -0.363 e. The van der Waals surface area contributed by atoms with Crippen molar-refractivity contribution in [2.45, 2.75) is 17.9 Å². The minimum absolute atomic E-state index is 0.0930. The summed E-state index contributed by atoms with van der Waals surface area (Å²) in [5, 5.41) is 14.0. The standard InChI is InChI=1S/C17H13F4N3O3/c18-11-5-3-9(4-6-11)14(25)12-13(10-2-1-7-22-8-10)23-15(26)24-16(12,27)17(19,20)21/h1-8,12-13,27H,(H2,23,24,26)/t12-,13-,16-/m1/s1. The van der Waals surface area contributed by atoms with E-state index in [4.69, 9.17) is 0 Å². The number of ketones is 1. The van der Waals surface area contributed by atoms with E-state index in [0.717, 1.165) is 24.3 Å². The third-order valence-electron chi connectivity index (χ3n) is 4.26. The second-order valence-electron chi connectivity index (χ2n) is 5.98. The fourth-order valence-corrected chi connectivity index (χ4v) is 2.97. The molecule has 10 heteroatoms. The van der Waals surface area contributed by atoms with Crippen LogP contribution in [-0.4, -0.2) is 33.8 Å². The van der Waals surface area contributed by atoms with Gasteiger partial charge in [0.2, 0.25) is 5.72 Å². The van der Waals surface area contributed by atoms with Crippen LogP contribution < -0.4 is 10.6 Å². The Morgan fingerprint density at radius 2 is 1.85 bits per heavy atom. The van der Waals surface area contributed by atoms with Crippen molar-refractivity contribution in [3.8, 4) is 0 Å². The molecule has 1 aromatic carbocycles. The first-order valence-electron chi connectivity index (χ1n) is 7.71. The molecule has 0 spiro atoms. The topological polar surface area (TPSA) is 91.3 Å². The summed E-state index contributed by atoms with van der Waals surface area (Å²) in [4.78, 5) is 28.4. The number of carbonyl (C=O) groups excluding carboxylic acids is 2. The predicted molar refractivity (Wildman–Crippen MR) is 83.9 cm³/mol. The van der Waals surface area contributed by atoms with Gasteiger partial charge in [-0.25, -0.2) is 9.18 Å². The highest BCUT2D eigenvalue weighted by atomic mass is 19.4. The van der Waals surface area contributed by atoms with Gasteiger partial charge in [0.25, 0.3) is 0 Å². The zero-order valence-corrected chi connectivity index (χ0v) is 13.5. The number of hydrogen-bond acceptors (Lipinski definition) is 4. The summed E-state index contributed by atoms with van der Waals surface area (Å²) in [6, 6.07) is 3.79. The Hall–Kier alpha value is -3.01. The van der Waals surface area contributed by atoms with E-state index in [2.05, 4.69) is 10.3 Å². The van der Waals surface area contributed by atoms with Crippen molar-refractivity contribution in [3.05, 3.63) is 65.7 Å². The molecule has 6 nitrogen and oxygen atoms in total. The van der Waals surface area contributed by atoms with Gasteiger partial charge in [-0.1, -0.05) is 6.07 Å². The molecular formula is C17H13F4N3O3. The molecule has 3 N–H and O–H groups in total. The zero-order chi connectivity index (χ0) is 19.8. The number of aromatic nitrogens is 1. The molecule has 2 amide bonds. The number of halogens is 4. The quantitative estimate of drug-likeness (QED) is 0.561. The second kappa shape index (κ2) is 6.62. The van der Waals surface area contributed by atoms with E-state index in [1.807, 2.05) is 0 Å². The molecule has 27 heavy (non-hydrogen) atoms. The molecule has 0 aliphatic carbocycles. The maximum Gasteiger partial charge on any atom is 0.437 e. The van der Waals surface area contributed by atoms with Gasteiger partial charge < -0.3 is 15.7 Å². The van der Waals surface area contributed by atoms with Crippen LogP contribution in [0.15, 0.2) is 48.8 Å². The number of nitrogens with one attached hydrogen (secondary N) is 2.